The first kappa shape index (κ1) is 15.6. The van der Waals surface area contributed by atoms with Crippen LogP contribution in [0.2, 0.25) is 5.02 Å². The van der Waals surface area contributed by atoms with Crippen molar-refractivity contribution in [2.75, 3.05) is 6.54 Å². The normalized spacial score (nSPS) is 20.8. The Morgan fingerprint density at radius 1 is 1.19 bits per heavy atom. The monoisotopic (exact) mass is 367 g/mol. The number of nitrogens with one attached hydrogen (secondary N) is 1. The summed E-state index contributed by atoms with van der Waals surface area (Å²) < 4.78 is 0.982. The molecular formula is C18H23BrClN. The maximum absolute atomic E-state index is 6.10. The van der Waals surface area contributed by atoms with Gasteiger partial charge in [-0.15, -0.1) is 0 Å². The summed E-state index contributed by atoms with van der Waals surface area (Å²) in [5.74, 6) is 0.763. The van der Waals surface area contributed by atoms with E-state index in [2.05, 4.69) is 39.5 Å². The molecular weight excluding hydrogens is 346 g/mol. The molecule has 2 aliphatic rings. The van der Waals surface area contributed by atoms with Crippen molar-refractivity contribution in [2.45, 2.75) is 51.0 Å². The Hall–Kier alpha value is -0.310. The molecule has 1 nitrogen and oxygen atoms in total. The summed E-state index contributed by atoms with van der Waals surface area (Å²) in [6.45, 7) is 1.05. The first-order valence-corrected chi connectivity index (χ1v) is 9.28. The molecule has 1 aromatic rings. The highest BCUT2D eigenvalue weighted by Gasteiger charge is 2.23. The van der Waals surface area contributed by atoms with Crippen LogP contribution in [0.15, 0.2) is 28.2 Å². The summed E-state index contributed by atoms with van der Waals surface area (Å²) in [4.78, 5) is 0. The van der Waals surface area contributed by atoms with Gasteiger partial charge >= 0.3 is 0 Å². The third-order valence-electron chi connectivity index (χ3n) is 4.60. The third-order valence-corrected chi connectivity index (χ3v) is 5.81. The van der Waals surface area contributed by atoms with Gasteiger partial charge in [-0.3, -0.25) is 0 Å². The molecule has 3 heteroatoms. The first-order chi connectivity index (χ1) is 10.2. The van der Waals surface area contributed by atoms with Crippen LogP contribution in [0.3, 0.4) is 0 Å². The van der Waals surface area contributed by atoms with E-state index in [1.165, 1.54) is 50.5 Å². The summed E-state index contributed by atoms with van der Waals surface area (Å²) in [7, 11) is 0. The predicted octanol–water partition coefficient (Wildman–Crippen LogP) is 5.82. The number of rotatable bonds is 5. The Bertz CT molecular complexity index is 516. The van der Waals surface area contributed by atoms with Gasteiger partial charge in [-0.05, 0) is 65.2 Å². The molecule has 0 radical (unpaired) electrons. The number of benzene rings is 1. The Morgan fingerprint density at radius 3 is 2.62 bits per heavy atom. The number of halogens is 2. The molecule has 114 valence electrons. The first-order valence-electron chi connectivity index (χ1n) is 8.11. The van der Waals surface area contributed by atoms with Gasteiger partial charge in [0.15, 0.2) is 0 Å². The molecule has 1 aromatic carbocycles. The lowest BCUT2D eigenvalue weighted by atomic mass is 9.83. The largest absolute Gasteiger partial charge is 0.310 e. The van der Waals surface area contributed by atoms with Crippen LogP contribution >= 0.6 is 27.5 Å². The van der Waals surface area contributed by atoms with Crippen LogP contribution < -0.4 is 5.32 Å². The maximum Gasteiger partial charge on any atom is 0.0548 e. The minimum Gasteiger partial charge on any atom is -0.310 e. The summed E-state index contributed by atoms with van der Waals surface area (Å²) >= 11 is 9.62. The fraction of sp³-hybridized carbons (Fsp3) is 0.556. The van der Waals surface area contributed by atoms with E-state index in [9.17, 15) is 0 Å². The summed E-state index contributed by atoms with van der Waals surface area (Å²) in [6, 6.07) is 6.99. The lowest BCUT2D eigenvalue weighted by Crippen LogP contribution is -2.24. The van der Waals surface area contributed by atoms with Crippen LogP contribution in [0.25, 0.3) is 6.08 Å². The standard InChI is InChI=1S/C18H23BrClN/c19-17-11-13(6-9-18(17)20)10-15(12-21-16-7-8-16)14-4-2-1-3-5-14/h6,9-11,14,16,21H,1-5,7-8,12H2/b15-10-. The van der Waals surface area contributed by atoms with Crippen LogP contribution in [0, 0.1) is 5.92 Å². The van der Waals surface area contributed by atoms with Crippen molar-refractivity contribution < 1.29 is 0 Å². The Balaban J connectivity index is 1.77. The van der Waals surface area contributed by atoms with E-state index >= 15 is 0 Å². The van der Waals surface area contributed by atoms with Crippen molar-refractivity contribution in [1.82, 2.24) is 5.32 Å². The summed E-state index contributed by atoms with van der Waals surface area (Å²) in [5.41, 5.74) is 2.83. The van der Waals surface area contributed by atoms with E-state index in [1.54, 1.807) is 5.57 Å². The second-order valence-corrected chi connectivity index (χ2v) is 7.64. The zero-order valence-corrected chi connectivity index (χ0v) is 14.7. The van der Waals surface area contributed by atoms with E-state index in [-0.39, 0.29) is 0 Å². The lowest BCUT2D eigenvalue weighted by molar-refractivity contribution is 0.396. The molecule has 0 aromatic heterocycles. The molecule has 2 aliphatic carbocycles. The molecule has 0 spiro atoms. The Labute approximate surface area is 141 Å². The minimum absolute atomic E-state index is 0.763. The number of hydrogen-bond acceptors (Lipinski definition) is 1. The van der Waals surface area contributed by atoms with Gasteiger partial charge < -0.3 is 5.32 Å². The molecule has 0 amide bonds. The fourth-order valence-electron chi connectivity index (χ4n) is 3.15. The molecule has 0 aliphatic heterocycles. The van der Waals surface area contributed by atoms with Gasteiger partial charge in [0, 0.05) is 17.1 Å². The van der Waals surface area contributed by atoms with Gasteiger partial charge in [-0.1, -0.05) is 48.6 Å². The zero-order chi connectivity index (χ0) is 14.7. The van der Waals surface area contributed by atoms with Crippen LogP contribution in [0.1, 0.15) is 50.5 Å². The van der Waals surface area contributed by atoms with Crippen LogP contribution in [0.5, 0.6) is 0 Å². The SMILES string of the molecule is Clc1ccc(/C=C(/CNC2CC2)C2CCCCC2)cc1Br. The summed E-state index contributed by atoms with van der Waals surface area (Å²) in [5, 5.41) is 4.47. The highest BCUT2D eigenvalue weighted by molar-refractivity contribution is 9.10. The highest BCUT2D eigenvalue weighted by atomic mass is 79.9. The Morgan fingerprint density at radius 2 is 1.95 bits per heavy atom. The molecule has 0 bridgehead atoms. The van der Waals surface area contributed by atoms with E-state index in [4.69, 9.17) is 11.6 Å². The Kier molecular flexibility index (Phi) is 5.42. The zero-order valence-electron chi connectivity index (χ0n) is 12.4. The third kappa shape index (κ3) is 4.58. The quantitative estimate of drug-likeness (QED) is 0.690. The lowest BCUT2D eigenvalue weighted by Gasteiger charge is -2.25. The smallest absolute Gasteiger partial charge is 0.0548 e. The number of hydrogen-bond donors (Lipinski definition) is 1. The van der Waals surface area contributed by atoms with E-state index in [0.717, 1.165) is 28.0 Å². The second kappa shape index (κ2) is 7.30. The van der Waals surface area contributed by atoms with Gasteiger partial charge in [-0.2, -0.15) is 0 Å². The summed E-state index contributed by atoms with van der Waals surface area (Å²) in [6.07, 6.45) is 12.0. The molecule has 3 rings (SSSR count). The van der Waals surface area contributed by atoms with Gasteiger partial charge in [0.25, 0.3) is 0 Å². The molecule has 1 N–H and O–H groups in total. The van der Waals surface area contributed by atoms with Crippen molar-refractivity contribution in [3.05, 3.63) is 38.8 Å². The van der Waals surface area contributed by atoms with Crippen LogP contribution in [0.4, 0.5) is 0 Å². The van der Waals surface area contributed by atoms with Crippen molar-refractivity contribution in [3.63, 3.8) is 0 Å². The topological polar surface area (TPSA) is 12.0 Å². The van der Waals surface area contributed by atoms with Crippen molar-refractivity contribution in [3.8, 4) is 0 Å². The maximum atomic E-state index is 6.10. The molecule has 2 saturated carbocycles. The molecule has 0 atom stereocenters. The molecule has 0 heterocycles. The molecule has 21 heavy (non-hydrogen) atoms. The van der Waals surface area contributed by atoms with Crippen molar-refractivity contribution >= 4 is 33.6 Å². The molecule has 0 unspecified atom stereocenters. The van der Waals surface area contributed by atoms with Crippen molar-refractivity contribution in [2.24, 2.45) is 5.92 Å². The highest BCUT2D eigenvalue weighted by Crippen LogP contribution is 2.32. The van der Waals surface area contributed by atoms with Crippen molar-refractivity contribution in [1.29, 1.82) is 0 Å². The van der Waals surface area contributed by atoms with Gasteiger partial charge in [0.2, 0.25) is 0 Å². The minimum atomic E-state index is 0.763. The molecule has 0 saturated heterocycles. The van der Waals surface area contributed by atoms with Gasteiger partial charge in [0.05, 0.1) is 5.02 Å². The average molecular weight is 369 g/mol. The predicted molar refractivity (Wildman–Crippen MR) is 94.7 cm³/mol. The van der Waals surface area contributed by atoms with Crippen LogP contribution in [-0.2, 0) is 0 Å². The van der Waals surface area contributed by atoms with E-state index in [0.29, 0.717) is 0 Å². The fourth-order valence-corrected chi connectivity index (χ4v) is 3.67. The van der Waals surface area contributed by atoms with Crippen LogP contribution in [-0.4, -0.2) is 12.6 Å². The molecule has 2 fully saturated rings. The van der Waals surface area contributed by atoms with Gasteiger partial charge in [-0.25, -0.2) is 0 Å². The van der Waals surface area contributed by atoms with E-state index < -0.39 is 0 Å². The van der Waals surface area contributed by atoms with E-state index in [1.807, 2.05) is 6.07 Å². The van der Waals surface area contributed by atoms with Gasteiger partial charge in [0.1, 0.15) is 0 Å². The average Bonchev–Trinajstić information content (AvgIpc) is 3.32. The second-order valence-electron chi connectivity index (χ2n) is 6.38.